The van der Waals surface area contributed by atoms with Gasteiger partial charge in [0.15, 0.2) is 0 Å². The van der Waals surface area contributed by atoms with Gasteiger partial charge in [0, 0.05) is 24.6 Å². The lowest BCUT2D eigenvalue weighted by molar-refractivity contribution is 0.0982. The average Bonchev–Trinajstić information content (AvgIpc) is 2.63. The largest absolute Gasteiger partial charge is 0.458 e. The molecule has 1 aliphatic heterocycles. The molecule has 1 saturated heterocycles. The first kappa shape index (κ1) is 19.6. The Morgan fingerprint density at radius 1 is 1.22 bits per heavy atom. The Morgan fingerprint density at radius 3 is 2.52 bits per heavy atom. The van der Waals surface area contributed by atoms with E-state index in [1.807, 2.05) is 12.1 Å². The number of piperidine rings is 1. The number of urea groups is 1. The third-order valence-electron chi connectivity index (χ3n) is 4.54. The number of amides is 2. The Bertz CT molecular complexity index is 772. The Balaban J connectivity index is 1.57. The van der Waals surface area contributed by atoms with Crippen LogP contribution < -0.4 is 10.1 Å². The van der Waals surface area contributed by atoms with Crippen molar-refractivity contribution in [3.8, 4) is 6.01 Å². The second kappa shape index (κ2) is 8.25. The molecule has 0 saturated carbocycles. The van der Waals surface area contributed by atoms with Crippen molar-refractivity contribution in [1.29, 1.82) is 0 Å². The highest BCUT2D eigenvalue weighted by Crippen LogP contribution is 2.24. The summed E-state index contributed by atoms with van der Waals surface area (Å²) in [5, 5.41) is 2.98. The van der Waals surface area contributed by atoms with Gasteiger partial charge in [0.25, 0.3) is 0 Å². The number of rotatable bonds is 3. The molecule has 0 spiro atoms. The lowest BCUT2D eigenvalue weighted by Gasteiger charge is -2.32. The number of halogens is 1. The molecule has 1 aromatic carbocycles. The molecule has 2 amide bonds. The molecule has 2 aromatic rings. The van der Waals surface area contributed by atoms with E-state index >= 15 is 0 Å². The molecule has 1 unspecified atom stereocenters. The topological polar surface area (TPSA) is 67.4 Å². The van der Waals surface area contributed by atoms with Gasteiger partial charge in [-0.25, -0.2) is 14.8 Å². The fraction of sp³-hybridized carbons (Fsp3) is 0.450. The highest BCUT2D eigenvalue weighted by Gasteiger charge is 2.25. The predicted molar refractivity (Wildman–Crippen MR) is 109 cm³/mol. The van der Waals surface area contributed by atoms with Crippen LogP contribution in [0.4, 0.5) is 10.5 Å². The van der Waals surface area contributed by atoms with E-state index in [4.69, 9.17) is 4.74 Å². The van der Waals surface area contributed by atoms with Crippen LogP contribution in [0.5, 0.6) is 6.01 Å². The van der Waals surface area contributed by atoms with Crippen LogP contribution in [0.3, 0.4) is 0 Å². The molecular weight excluding hydrogens is 408 g/mol. The molecule has 3 rings (SSSR count). The van der Waals surface area contributed by atoms with Gasteiger partial charge in [0.05, 0.1) is 11.0 Å². The van der Waals surface area contributed by atoms with Crippen LogP contribution in [0.2, 0.25) is 0 Å². The number of carbonyl (C=O) groups is 1. The van der Waals surface area contributed by atoms with Crippen LogP contribution in [0, 0.1) is 0 Å². The van der Waals surface area contributed by atoms with Crippen LogP contribution in [-0.2, 0) is 5.41 Å². The molecule has 0 aliphatic carbocycles. The molecule has 1 aliphatic rings. The normalized spacial score (nSPS) is 17.5. The van der Waals surface area contributed by atoms with Gasteiger partial charge in [-0.15, -0.1) is 0 Å². The van der Waals surface area contributed by atoms with Crippen LogP contribution >= 0.6 is 15.9 Å². The summed E-state index contributed by atoms with van der Waals surface area (Å²) in [6.07, 6.45) is 4.96. The number of ether oxygens (including phenoxy) is 1. The summed E-state index contributed by atoms with van der Waals surface area (Å²) in [5.41, 5.74) is 2.13. The number of aromatic nitrogens is 2. The highest BCUT2D eigenvalue weighted by molar-refractivity contribution is 9.10. The van der Waals surface area contributed by atoms with E-state index in [0.717, 1.165) is 23.0 Å². The van der Waals surface area contributed by atoms with Gasteiger partial charge in [0.2, 0.25) is 0 Å². The van der Waals surface area contributed by atoms with Gasteiger partial charge >= 0.3 is 12.0 Å². The predicted octanol–water partition coefficient (Wildman–Crippen LogP) is 4.61. The minimum atomic E-state index is -0.108. The molecule has 7 heteroatoms. The number of nitrogens with zero attached hydrogens (tertiary/aromatic N) is 3. The first-order valence-corrected chi connectivity index (χ1v) is 9.91. The third kappa shape index (κ3) is 5.42. The molecule has 144 valence electrons. The molecule has 1 aromatic heterocycles. The summed E-state index contributed by atoms with van der Waals surface area (Å²) in [7, 11) is 0. The van der Waals surface area contributed by atoms with Gasteiger partial charge < -0.3 is 15.0 Å². The van der Waals surface area contributed by atoms with Crippen molar-refractivity contribution in [2.24, 2.45) is 0 Å². The zero-order valence-corrected chi connectivity index (χ0v) is 17.5. The number of benzene rings is 1. The number of hydrogen-bond donors (Lipinski definition) is 1. The maximum atomic E-state index is 12.6. The minimum Gasteiger partial charge on any atom is -0.458 e. The second-order valence-corrected chi connectivity index (χ2v) is 8.69. The lowest BCUT2D eigenvalue weighted by Crippen LogP contribution is -2.46. The molecule has 0 radical (unpaired) electrons. The molecule has 0 bridgehead atoms. The summed E-state index contributed by atoms with van der Waals surface area (Å²) >= 11 is 3.30. The quantitative estimate of drug-likeness (QED) is 0.768. The smallest absolute Gasteiger partial charge is 0.321 e. The third-order valence-corrected chi connectivity index (χ3v) is 4.95. The van der Waals surface area contributed by atoms with E-state index in [-0.39, 0.29) is 17.6 Å². The highest BCUT2D eigenvalue weighted by atomic mass is 79.9. The SMILES string of the molecule is CC(C)(C)c1ccc(NC(=O)N2CCCC(Oc3ncc(Br)cn3)C2)cc1. The van der Waals surface area contributed by atoms with E-state index in [0.29, 0.717) is 19.1 Å². The molecule has 1 atom stereocenters. The number of likely N-dealkylation sites (tertiary alicyclic amines) is 1. The monoisotopic (exact) mass is 432 g/mol. The van der Waals surface area contributed by atoms with Gasteiger partial charge in [-0.2, -0.15) is 0 Å². The van der Waals surface area contributed by atoms with E-state index < -0.39 is 0 Å². The fourth-order valence-electron chi connectivity index (χ4n) is 2.99. The van der Waals surface area contributed by atoms with Crippen molar-refractivity contribution >= 4 is 27.6 Å². The summed E-state index contributed by atoms with van der Waals surface area (Å²) in [5.74, 6) is 0. The zero-order chi connectivity index (χ0) is 19.4. The van der Waals surface area contributed by atoms with Crippen molar-refractivity contribution in [1.82, 2.24) is 14.9 Å². The molecule has 27 heavy (non-hydrogen) atoms. The van der Waals surface area contributed by atoms with Crippen LogP contribution in [0.1, 0.15) is 39.2 Å². The first-order valence-electron chi connectivity index (χ1n) is 9.12. The summed E-state index contributed by atoms with van der Waals surface area (Å²) in [6, 6.07) is 8.25. The maximum absolute atomic E-state index is 12.6. The standard InChI is InChI=1S/C20H25BrN4O2/c1-20(2,3)14-6-8-16(9-7-14)24-19(26)25-10-4-5-17(13-25)27-18-22-11-15(21)12-23-18/h6-9,11-12,17H,4-5,10,13H2,1-3H3,(H,24,26). The number of hydrogen-bond acceptors (Lipinski definition) is 4. The number of anilines is 1. The van der Waals surface area contributed by atoms with Crippen molar-refractivity contribution in [2.45, 2.75) is 45.1 Å². The van der Waals surface area contributed by atoms with Gasteiger partial charge in [-0.05, 0) is 51.9 Å². The van der Waals surface area contributed by atoms with E-state index in [2.05, 4.69) is 64.1 Å². The zero-order valence-electron chi connectivity index (χ0n) is 15.9. The van der Waals surface area contributed by atoms with Gasteiger partial charge in [-0.1, -0.05) is 32.9 Å². The van der Waals surface area contributed by atoms with E-state index in [1.54, 1.807) is 17.3 Å². The van der Waals surface area contributed by atoms with Crippen molar-refractivity contribution in [2.75, 3.05) is 18.4 Å². The number of nitrogens with one attached hydrogen (secondary N) is 1. The first-order chi connectivity index (χ1) is 12.8. The van der Waals surface area contributed by atoms with E-state index in [1.165, 1.54) is 5.56 Å². The Hall–Kier alpha value is -2.15. The second-order valence-electron chi connectivity index (χ2n) is 7.77. The molecular formula is C20H25BrN4O2. The lowest BCUT2D eigenvalue weighted by atomic mass is 9.87. The van der Waals surface area contributed by atoms with Crippen molar-refractivity contribution in [3.63, 3.8) is 0 Å². The summed E-state index contributed by atoms with van der Waals surface area (Å²) in [6.45, 7) is 7.75. The van der Waals surface area contributed by atoms with E-state index in [9.17, 15) is 4.79 Å². The maximum Gasteiger partial charge on any atom is 0.321 e. The molecule has 1 fully saturated rings. The Kier molecular flexibility index (Phi) is 5.99. The summed E-state index contributed by atoms with van der Waals surface area (Å²) in [4.78, 5) is 22.7. The molecule has 1 N–H and O–H groups in total. The fourth-order valence-corrected chi connectivity index (χ4v) is 3.19. The van der Waals surface area contributed by atoms with Crippen LogP contribution in [0.15, 0.2) is 41.1 Å². The molecule has 2 heterocycles. The number of carbonyl (C=O) groups excluding carboxylic acids is 1. The Labute approximate surface area is 168 Å². The van der Waals surface area contributed by atoms with Crippen LogP contribution in [-0.4, -0.2) is 40.1 Å². The minimum absolute atomic E-state index is 0.0923. The Morgan fingerprint density at radius 2 is 1.89 bits per heavy atom. The molecule has 6 nitrogen and oxygen atoms in total. The van der Waals surface area contributed by atoms with Gasteiger partial charge in [-0.3, -0.25) is 0 Å². The summed E-state index contributed by atoms with van der Waals surface area (Å²) < 4.78 is 6.63. The van der Waals surface area contributed by atoms with Crippen molar-refractivity contribution in [3.05, 3.63) is 46.7 Å². The van der Waals surface area contributed by atoms with Gasteiger partial charge in [0.1, 0.15) is 6.10 Å². The average molecular weight is 433 g/mol. The van der Waals surface area contributed by atoms with Crippen molar-refractivity contribution < 1.29 is 9.53 Å². The van der Waals surface area contributed by atoms with Crippen LogP contribution in [0.25, 0.3) is 0 Å².